The third-order valence-electron chi connectivity index (χ3n) is 4.35. The molecule has 5 heteroatoms. The molecule has 1 aliphatic rings. The molecule has 116 valence electrons. The monoisotopic (exact) mass is 299 g/mol. The van der Waals surface area contributed by atoms with Gasteiger partial charge in [-0.3, -0.25) is 9.78 Å². The molecule has 1 atom stereocenters. The first-order chi connectivity index (χ1) is 10.7. The van der Waals surface area contributed by atoms with Gasteiger partial charge in [0.1, 0.15) is 5.69 Å². The molecular formula is C17H21N3O2. The second-order valence-electron chi connectivity index (χ2n) is 5.67. The van der Waals surface area contributed by atoms with Gasteiger partial charge in [-0.25, -0.2) is 0 Å². The Labute approximate surface area is 130 Å². The second-order valence-corrected chi connectivity index (χ2v) is 5.67. The summed E-state index contributed by atoms with van der Waals surface area (Å²) in [6.07, 6.45) is 4.31. The third kappa shape index (κ3) is 2.90. The minimum Gasteiger partial charge on any atom is -0.463 e. The van der Waals surface area contributed by atoms with Crippen LogP contribution in [0, 0.1) is 0 Å². The van der Waals surface area contributed by atoms with Crippen LogP contribution in [0.15, 0.2) is 41.1 Å². The van der Waals surface area contributed by atoms with Gasteiger partial charge in [-0.15, -0.1) is 0 Å². The zero-order valence-electron chi connectivity index (χ0n) is 13.0. The molecule has 0 N–H and O–H groups in total. The Morgan fingerprint density at radius 3 is 3.09 bits per heavy atom. The van der Waals surface area contributed by atoms with Crippen LogP contribution in [0.5, 0.6) is 0 Å². The lowest BCUT2D eigenvalue weighted by molar-refractivity contribution is 0.0781. The molecule has 0 spiro atoms. The number of amides is 1. The van der Waals surface area contributed by atoms with Crippen molar-refractivity contribution in [2.45, 2.75) is 19.4 Å². The van der Waals surface area contributed by atoms with Crippen molar-refractivity contribution in [2.75, 3.05) is 26.7 Å². The fraction of sp³-hybridized carbons (Fsp3) is 0.412. The third-order valence-corrected chi connectivity index (χ3v) is 4.35. The quantitative estimate of drug-likeness (QED) is 0.870. The van der Waals surface area contributed by atoms with E-state index in [0.29, 0.717) is 23.1 Å². The standard InChI is InChI=1S/C17H21N3O2/c1-3-19(2)14-7-9-20(12-14)17(21)13-6-8-18-15(11-13)16-5-4-10-22-16/h4-6,8,10-11,14H,3,7,9,12H2,1-2H3. The summed E-state index contributed by atoms with van der Waals surface area (Å²) in [6.45, 7) is 4.75. The van der Waals surface area contributed by atoms with Crippen LogP contribution in [0.1, 0.15) is 23.7 Å². The predicted molar refractivity (Wildman–Crippen MR) is 84.6 cm³/mol. The molecular weight excluding hydrogens is 278 g/mol. The van der Waals surface area contributed by atoms with Crippen LogP contribution in [0.25, 0.3) is 11.5 Å². The van der Waals surface area contributed by atoms with Crippen molar-refractivity contribution in [1.29, 1.82) is 0 Å². The van der Waals surface area contributed by atoms with Gasteiger partial charge in [0.15, 0.2) is 5.76 Å². The highest BCUT2D eigenvalue weighted by molar-refractivity contribution is 5.95. The predicted octanol–water partition coefficient (Wildman–Crippen LogP) is 2.51. The number of furan rings is 1. The van der Waals surface area contributed by atoms with Crippen molar-refractivity contribution in [3.63, 3.8) is 0 Å². The van der Waals surface area contributed by atoms with Gasteiger partial charge in [-0.2, -0.15) is 0 Å². The summed E-state index contributed by atoms with van der Waals surface area (Å²) in [7, 11) is 2.11. The van der Waals surface area contributed by atoms with E-state index in [4.69, 9.17) is 4.42 Å². The molecule has 1 aliphatic heterocycles. The van der Waals surface area contributed by atoms with Crippen LogP contribution < -0.4 is 0 Å². The molecule has 22 heavy (non-hydrogen) atoms. The average Bonchev–Trinajstić information content (AvgIpc) is 3.25. The number of nitrogens with zero attached hydrogens (tertiary/aromatic N) is 3. The summed E-state index contributed by atoms with van der Waals surface area (Å²) in [4.78, 5) is 21.2. The Balaban J connectivity index is 1.75. The van der Waals surface area contributed by atoms with Crippen molar-refractivity contribution in [1.82, 2.24) is 14.8 Å². The van der Waals surface area contributed by atoms with E-state index in [0.717, 1.165) is 26.1 Å². The van der Waals surface area contributed by atoms with Gasteiger partial charge in [0.05, 0.1) is 6.26 Å². The van der Waals surface area contributed by atoms with E-state index in [-0.39, 0.29) is 5.91 Å². The van der Waals surface area contributed by atoms with Gasteiger partial charge in [0.2, 0.25) is 0 Å². The normalized spacial score (nSPS) is 18.1. The zero-order chi connectivity index (χ0) is 15.5. The van der Waals surface area contributed by atoms with Crippen molar-refractivity contribution >= 4 is 5.91 Å². The summed E-state index contributed by atoms with van der Waals surface area (Å²) in [5.74, 6) is 0.752. The first-order valence-electron chi connectivity index (χ1n) is 7.68. The minimum atomic E-state index is 0.0715. The maximum absolute atomic E-state index is 12.7. The molecule has 3 heterocycles. The summed E-state index contributed by atoms with van der Waals surface area (Å²) in [5.41, 5.74) is 1.36. The van der Waals surface area contributed by atoms with Gasteiger partial charge in [-0.1, -0.05) is 6.92 Å². The van der Waals surface area contributed by atoms with Gasteiger partial charge >= 0.3 is 0 Å². The van der Waals surface area contributed by atoms with Crippen LogP contribution >= 0.6 is 0 Å². The molecule has 0 saturated carbocycles. The Hall–Kier alpha value is -2.14. The fourth-order valence-electron chi connectivity index (χ4n) is 2.85. The Morgan fingerprint density at radius 1 is 1.50 bits per heavy atom. The first kappa shape index (κ1) is 14.8. The molecule has 5 nitrogen and oxygen atoms in total. The lowest BCUT2D eigenvalue weighted by Crippen LogP contribution is -2.36. The van der Waals surface area contributed by atoms with E-state index in [1.807, 2.05) is 17.0 Å². The molecule has 1 amide bonds. The van der Waals surface area contributed by atoms with Crippen LogP contribution in [0.4, 0.5) is 0 Å². The van der Waals surface area contributed by atoms with Crippen molar-refractivity contribution in [2.24, 2.45) is 0 Å². The maximum atomic E-state index is 12.7. The number of likely N-dealkylation sites (N-methyl/N-ethyl adjacent to an activating group) is 1. The summed E-state index contributed by atoms with van der Waals surface area (Å²) < 4.78 is 5.35. The number of carbonyl (C=O) groups excluding carboxylic acids is 1. The van der Waals surface area contributed by atoms with Crippen LogP contribution in [-0.4, -0.2) is 53.4 Å². The topological polar surface area (TPSA) is 49.6 Å². The molecule has 0 bridgehead atoms. The summed E-state index contributed by atoms with van der Waals surface area (Å²) in [6, 6.07) is 7.69. The number of hydrogen-bond donors (Lipinski definition) is 0. The molecule has 2 aromatic rings. The second kappa shape index (κ2) is 6.32. The van der Waals surface area contributed by atoms with E-state index in [9.17, 15) is 4.79 Å². The highest BCUT2D eigenvalue weighted by Crippen LogP contribution is 2.21. The molecule has 1 saturated heterocycles. The number of likely N-dealkylation sites (tertiary alicyclic amines) is 1. The lowest BCUT2D eigenvalue weighted by atomic mass is 10.2. The van der Waals surface area contributed by atoms with E-state index in [1.165, 1.54) is 0 Å². The van der Waals surface area contributed by atoms with Gasteiger partial charge in [-0.05, 0) is 44.3 Å². The van der Waals surface area contributed by atoms with Crippen LogP contribution in [-0.2, 0) is 0 Å². The highest BCUT2D eigenvalue weighted by atomic mass is 16.3. The largest absolute Gasteiger partial charge is 0.463 e. The van der Waals surface area contributed by atoms with Gasteiger partial charge < -0.3 is 14.2 Å². The molecule has 2 aromatic heterocycles. The Morgan fingerprint density at radius 2 is 2.36 bits per heavy atom. The van der Waals surface area contributed by atoms with E-state index in [1.54, 1.807) is 24.6 Å². The number of hydrogen-bond acceptors (Lipinski definition) is 4. The van der Waals surface area contributed by atoms with Gasteiger partial charge in [0, 0.05) is 30.9 Å². The van der Waals surface area contributed by atoms with Gasteiger partial charge in [0.25, 0.3) is 5.91 Å². The van der Waals surface area contributed by atoms with E-state index in [2.05, 4.69) is 23.9 Å². The molecule has 3 rings (SSSR count). The number of carbonyl (C=O) groups is 1. The Kier molecular flexibility index (Phi) is 4.24. The zero-order valence-corrected chi connectivity index (χ0v) is 13.0. The molecule has 1 fully saturated rings. The number of aromatic nitrogens is 1. The summed E-state index contributed by atoms with van der Waals surface area (Å²) >= 11 is 0. The SMILES string of the molecule is CCN(C)C1CCN(C(=O)c2ccnc(-c3ccco3)c2)C1. The lowest BCUT2D eigenvalue weighted by Gasteiger charge is -2.23. The van der Waals surface area contributed by atoms with E-state index < -0.39 is 0 Å². The fourth-order valence-corrected chi connectivity index (χ4v) is 2.85. The van der Waals surface area contributed by atoms with Crippen molar-refractivity contribution in [3.05, 3.63) is 42.3 Å². The molecule has 0 aromatic carbocycles. The molecule has 1 unspecified atom stereocenters. The van der Waals surface area contributed by atoms with Crippen molar-refractivity contribution < 1.29 is 9.21 Å². The van der Waals surface area contributed by atoms with Crippen molar-refractivity contribution in [3.8, 4) is 11.5 Å². The minimum absolute atomic E-state index is 0.0715. The maximum Gasteiger partial charge on any atom is 0.254 e. The number of rotatable bonds is 4. The highest BCUT2D eigenvalue weighted by Gasteiger charge is 2.29. The first-order valence-corrected chi connectivity index (χ1v) is 7.68. The van der Waals surface area contributed by atoms with Crippen LogP contribution in [0.3, 0.4) is 0 Å². The Bertz CT molecular complexity index is 639. The summed E-state index contributed by atoms with van der Waals surface area (Å²) in [5, 5.41) is 0. The van der Waals surface area contributed by atoms with Crippen LogP contribution in [0.2, 0.25) is 0 Å². The number of pyridine rings is 1. The molecule has 0 radical (unpaired) electrons. The molecule has 0 aliphatic carbocycles. The van der Waals surface area contributed by atoms with E-state index >= 15 is 0 Å². The smallest absolute Gasteiger partial charge is 0.254 e. The average molecular weight is 299 g/mol.